The second-order valence-corrected chi connectivity index (χ2v) is 8.93. The van der Waals surface area contributed by atoms with Gasteiger partial charge >= 0.3 is 0 Å². The lowest BCUT2D eigenvalue weighted by Crippen LogP contribution is -2.55. The summed E-state index contributed by atoms with van der Waals surface area (Å²) in [5.74, 6) is 1.29. The highest BCUT2D eigenvalue weighted by Gasteiger charge is 2.38. The smallest absolute Gasteiger partial charge is 0.239 e. The summed E-state index contributed by atoms with van der Waals surface area (Å²) < 4.78 is 0. The van der Waals surface area contributed by atoms with E-state index in [0.717, 1.165) is 57.5 Å². The Morgan fingerprint density at radius 3 is 2.48 bits per heavy atom. The van der Waals surface area contributed by atoms with Gasteiger partial charge in [0, 0.05) is 26.6 Å². The maximum absolute atomic E-state index is 12.6. The number of piperidine rings is 1. The minimum absolute atomic E-state index is 0.0345. The van der Waals surface area contributed by atoms with Crippen LogP contribution in [0.25, 0.3) is 0 Å². The molecule has 1 saturated heterocycles. The predicted molar refractivity (Wildman–Crippen MR) is 110 cm³/mol. The Kier molecular flexibility index (Phi) is 9.07. The van der Waals surface area contributed by atoms with Crippen molar-refractivity contribution in [2.24, 2.45) is 17.6 Å². The number of hydrogen-bond acceptors (Lipinski definition) is 3. The van der Waals surface area contributed by atoms with Gasteiger partial charge in [-0.05, 0) is 50.4 Å². The van der Waals surface area contributed by atoms with Crippen LogP contribution >= 0.6 is 0 Å². The third-order valence-electron chi connectivity index (χ3n) is 6.67. The molecule has 1 aliphatic heterocycles. The van der Waals surface area contributed by atoms with Crippen molar-refractivity contribution in [1.29, 1.82) is 0 Å². The maximum Gasteiger partial charge on any atom is 0.239 e. The molecule has 1 saturated carbocycles. The van der Waals surface area contributed by atoms with Crippen LogP contribution in [0.3, 0.4) is 0 Å². The first kappa shape index (κ1) is 22.2. The quantitative estimate of drug-likeness (QED) is 0.642. The van der Waals surface area contributed by atoms with E-state index < -0.39 is 5.54 Å². The van der Waals surface area contributed by atoms with Crippen LogP contribution in [0.4, 0.5) is 0 Å². The van der Waals surface area contributed by atoms with E-state index in [4.69, 9.17) is 5.73 Å². The average Bonchev–Trinajstić information content (AvgIpc) is 2.70. The van der Waals surface area contributed by atoms with E-state index in [0.29, 0.717) is 18.8 Å². The van der Waals surface area contributed by atoms with Gasteiger partial charge in [-0.3, -0.25) is 9.59 Å². The number of likely N-dealkylation sites (N-methyl/N-ethyl adjacent to an activating group) is 1. The minimum atomic E-state index is -0.799. The molecule has 1 heterocycles. The van der Waals surface area contributed by atoms with Crippen molar-refractivity contribution >= 4 is 11.8 Å². The highest BCUT2D eigenvalue weighted by molar-refractivity contribution is 5.85. The van der Waals surface area contributed by atoms with Crippen LogP contribution < -0.4 is 11.1 Å². The number of carbonyl (C=O) groups is 2. The van der Waals surface area contributed by atoms with Gasteiger partial charge in [-0.15, -0.1) is 0 Å². The third-order valence-corrected chi connectivity index (χ3v) is 6.67. The van der Waals surface area contributed by atoms with Crippen molar-refractivity contribution in [2.75, 3.05) is 20.1 Å². The molecule has 5 heteroatoms. The summed E-state index contributed by atoms with van der Waals surface area (Å²) in [7, 11) is 1.69. The number of carbonyl (C=O) groups excluding carboxylic acids is 2. The second kappa shape index (κ2) is 11.0. The largest absolute Gasteiger partial charge is 0.358 e. The summed E-state index contributed by atoms with van der Waals surface area (Å²) >= 11 is 0. The van der Waals surface area contributed by atoms with Crippen LogP contribution in [0.5, 0.6) is 0 Å². The molecular formula is C22H41N3O2. The maximum atomic E-state index is 12.6. The highest BCUT2D eigenvalue weighted by Crippen LogP contribution is 2.33. The summed E-state index contributed by atoms with van der Waals surface area (Å²) in [4.78, 5) is 27.0. The van der Waals surface area contributed by atoms with E-state index in [9.17, 15) is 9.59 Å². The molecule has 156 valence electrons. The molecule has 2 fully saturated rings. The zero-order chi connectivity index (χ0) is 19.7. The average molecular weight is 380 g/mol. The molecular weight excluding hydrogens is 338 g/mol. The van der Waals surface area contributed by atoms with Gasteiger partial charge in [0.25, 0.3) is 0 Å². The van der Waals surface area contributed by atoms with Crippen LogP contribution in [0.1, 0.15) is 90.4 Å². The first-order chi connectivity index (χ1) is 13.0. The summed E-state index contributed by atoms with van der Waals surface area (Å²) in [5.41, 5.74) is 5.89. The molecule has 0 radical (unpaired) electrons. The van der Waals surface area contributed by atoms with Crippen LogP contribution in [-0.2, 0) is 9.59 Å². The lowest BCUT2D eigenvalue weighted by Gasteiger charge is -2.38. The monoisotopic (exact) mass is 379 g/mol. The summed E-state index contributed by atoms with van der Waals surface area (Å²) in [6.07, 6.45) is 13.8. The molecule has 2 rings (SSSR count). The van der Waals surface area contributed by atoms with Gasteiger partial charge < -0.3 is 16.0 Å². The van der Waals surface area contributed by atoms with E-state index in [2.05, 4.69) is 12.2 Å². The van der Waals surface area contributed by atoms with E-state index in [1.807, 2.05) is 4.90 Å². The molecule has 0 aromatic carbocycles. The Balaban J connectivity index is 1.93. The van der Waals surface area contributed by atoms with Gasteiger partial charge in [-0.1, -0.05) is 45.4 Å². The number of unbranched alkanes of at least 4 members (excludes halogenated alkanes) is 1. The summed E-state index contributed by atoms with van der Waals surface area (Å²) in [6, 6.07) is 0. The zero-order valence-corrected chi connectivity index (χ0v) is 17.6. The van der Waals surface area contributed by atoms with Gasteiger partial charge in [-0.2, -0.15) is 0 Å². The molecule has 1 aliphatic carbocycles. The van der Waals surface area contributed by atoms with Crippen molar-refractivity contribution in [3.05, 3.63) is 0 Å². The van der Waals surface area contributed by atoms with Gasteiger partial charge in [0.15, 0.2) is 0 Å². The number of hydrogen-bond donors (Lipinski definition) is 2. The van der Waals surface area contributed by atoms with Crippen LogP contribution in [0, 0.1) is 11.8 Å². The molecule has 1 unspecified atom stereocenters. The lowest BCUT2D eigenvalue weighted by atomic mass is 9.77. The number of nitrogens with two attached hydrogens (primary N) is 1. The first-order valence-electron chi connectivity index (χ1n) is 11.3. The molecule has 5 nitrogen and oxygen atoms in total. The molecule has 3 N–H and O–H groups in total. The van der Waals surface area contributed by atoms with Gasteiger partial charge in [0.2, 0.25) is 11.8 Å². The van der Waals surface area contributed by atoms with Gasteiger partial charge in [0.1, 0.15) is 0 Å². The van der Waals surface area contributed by atoms with Crippen molar-refractivity contribution in [1.82, 2.24) is 10.2 Å². The fourth-order valence-corrected chi connectivity index (χ4v) is 4.95. The molecule has 0 spiro atoms. The fourth-order valence-electron chi connectivity index (χ4n) is 4.95. The molecule has 0 aromatic rings. The Labute approximate surface area is 165 Å². The van der Waals surface area contributed by atoms with E-state index >= 15 is 0 Å². The molecule has 27 heavy (non-hydrogen) atoms. The van der Waals surface area contributed by atoms with E-state index in [1.165, 1.54) is 32.1 Å². The predicted octanol–water partition coefficient (Wildman–Crippen LogP) is 3.61. The minimum Gasteiger partial charge on any atom is -0.358 e. The Morgan fingerprint density at radius 2 is 1.81 bits per heavy atom. The van der Waals surface area contributed by atoms with Crippen molar-refractivity contribution < 1.29 is 9.59 Å². The molecule has 0 aromatic heterocycles. The van der Waals surface area contributed by atoms with Crippen molar-refractivity contribution in [3.8, 4) is 0 Å². The fraction of sp³-hybridized carbons (Fsp3) is 0.909. The van der Waals surface area contributed by atoms with Gasteiger partial charge in [-0.25, -0.2) is 0 Å². The number of rotatable bonds is 9. The van der Waals surface area contributed by atoms with E-state index in [1.54, 1.807) is 7.05 Å². The highest BCUT2D eigenvalue weighted by atomic mass is 16.2. The number of likely N-dealkylation sites (tertiary alicyclic amines) is 1. The molecule has 2 amide bonds. The molecule has 2 aliphatic rings. The van der Waals surface area contributed by atoms with Crippen LogP contribution in [0.15, 0.2) is 0 Å². The number of amides is 2. The normalized spacial score (nSPS) is 23.7. The Hall–Kier alpha value is -1.10. The zero-order valence-electron chi connectivity index (χ0n) is 17.6. The van der Waals surface area contributed by atoms with Gasteiger partial charge in [0.05, 0.1) is 5.54 Å². The second-order valence-electron chi connectivity index (χ2n) is 8.93. The SMILES string of the molecule is CCCCC(=O)N1CCCC(C[C@](N)(CCC2CCCCC2)C(=O)NC)C1. The topological polar surface area (TPSA) is 75.4 Å². The lowest BCUT2D eigenvalue weighted by molar-refractivity contribution is -0.133. The number of nitrogens with one attached hydrogen (secondary N) is 1. The van der Waals surface area contributed by atoms with E-state index in [-0.39, 0.29) is 11.8 Å². The third kappa shape index (κ3) is 6.78. The molecule has 2 atom stereocenters. The summed E-state index contributed by atoms with van der Waals surface area (Å²) in [5, 5.41) is 2.80. The van der Waals surface area contributed by atoms with Crippen LogP contribution in [0.2, 0.25) is 0 Å². The first-order valence-corrected chi connectivity index (χ1v) is 11.3. The van der Waals surface area contributed by atoms with Crippen molar-refractivity contribution in [3.63, 3.8) is 0 Å². The Bertz CT molecular complexity index is 476. The summed E-state index contributed by atoms with van der Waals surface area (Å²) in [6.45, 7) is 3.74. The molecule has 0 bridgehead atoms. The van der Waals surface area contributed by atoms with Crippen molar-refractivity contribution in [2.45, 2.75) is 95.9 Å². The number of nitrogens with zero attached hydrogens (tertiary/aromatic N) is 1. The van der Waals surface area contributed by atoms with Crippen LogP contribution in [-0.4, -0.2) is 42.4 Å². The standard InChI is InChI=1S/C22H41N3O2/c1-3-4-12-20(26)25-15-8-11-19(17-25)16-22(23,21(27)24-2)14-13-18-9-6-5-7-10-18/h18-19H,3-17,23H2,1-2H3,(H,24,27)/t19?,22-/m1/s1. The Morgan fingerprint density at radius 1 is 1.11 bits per heavy atom.